The molecule has 1 aliphatic rings. The van der Waals surface area contributed by atoms with Gasteiger partial charge in [-0.15, -0.1) is 0 Å². The highest BCUT2D eigenvalue weighted by atomic mass is 35.5. The SMILES string of the molecule is O[C@@H]1CN(CCOc2ccc(C#Cc3ncc(-c4ccc(Cl)cc4)cc3F)cc2)CC[C@@]1(O)C(F)(F)F. The summed E-state index contributed by atoms with van der Waals surface area (Å²) < 4.78 is 59.1. The van der Waals surface area contributed by atoms with Crippen molar-refractivity contribution in [3.8, 4) is 28.7 Å². The number of halogens is 5. The van der Waals surface area contributed by atoms with Crippen LogP contribution in [0.4, 0.5) is 17.6 Å². The molecule has 0 amide bonds. The highest BCUT2D eigenvalue weighted by Crippen LogP contribution is 2.38. The summed E-state index contributed by atoms with van der Waals surface area (Å²) in [6, 6.07) is 15.1. The van der Waals surface area contributed by atoms with E-state index >= 15 is 0 Å². The fourth-order valence-electron chi connectivity index (χ4n) is 3.90. The molecule has 1 saturated heterocycles. The van der Waals surface area contributed by atoms with Crippen molar-refractivity contribution >= 4 is 11.6 Å². The molecule has 1 aromatic heterocycles. The van der Waals surface area contributed by atoms with Gasteiger partial charge in [0, 0.05) is 48.4 Å². The van der Waals surface area contributed by atoms with Crippen LogP contribution in [0.2, 0.25) is 5.02 Å². The first-order valence-corrected chi connectivity index (χ1v) is 11.8. The Hall–Kier alpha value is -3.16. The van der Waals surface area contributed by atoms with Gasteiger partial charge in [-0.25, -0.2) is 9.37 Å². The quantitative estimate of drug-likeness (QED) is 0.368. The Morgan fingerprint density at radius 1 is 1.08 bits per heavy atom. The standard InChI is InChI=1S/C27H23ClF4N2O3/c28-21-6-4-19(5-7-21)20-15-23(29)24(33-16-20)10-3-18-1-8-22(9-2-18)37-14-13-34-12-11-26(36,25(35)17-34)27(30,31)32/h1-2,4-9,15-16,25,35-36H,11-14,17H2/t25-,26+/m1/s1. The number of pyridine rings is 1. The minimum Gasteiger partial charge on any atom is -0.492 e. The van der Waals surface area contributed by atoms with Crippen LogP contribution in [0.5, 0.6) is 5.75 Å². The number of nitrogens with zero attached hydrogens (tertiary/aromatic N) is 2. The van der Waals surface area contributed by atoms with Crippen LogP contribution >= 0.6 is 11.6 Å². The van der Waals surface area contributed by atoms with E-state index in [9.17, 15) is 27.8 Å². The van der Waals surface area contributed by atoms with Crippen LogP contribution in [0, 0.1) is 17.7 Å². The summed E-state index contributed by atoms with van der Waals surface area (Å²) >= 11 is 5.88. The number of likely N-dealkylation sites (tertiary alicyclic amines) is 1. The summed E-state index contributed by atoms with van der Waals surface area (Å²) in [5, 5.41) is 20.1. The van der Waals surface area contributed by atoms with Crippen LogP contribution in [0.25, 0.3) is 11.1 Å². The number of aliphatic hydroxyl groups excluding tert-OH is 1. The van der Waals surface area contributed by atoms with Gasteiger partial charge in [-0.2, -0.15) is 13.2 Å². The molecule has 0 unspecified atom stereocenters. The highest BCUT2D eigenvalue weighted by molar-refractivity contribution is 6.30. The monoisotopic (exact) mass is 534 g/mol. The summed E-state index contributed by atoms with van der Waals surface area (Å²) in [5.41, 5.74) is -1.07. The zero-order valence-corrected chi connectivity index (χ0v) is 20.2. The van der Waals surface area contributed by atoms with E-state index in [1.807, 2.05) is 0 Å². The number of alkyl halides is 3. The van der Waals surface area contributed by atoms with Crippen molar-refractivity contribution in [2.24, 2.45) is 0 Å². The predicted molar refractivity (Wildman–Crippen MR) is 131 cm³/mol. The minimum absolute atomic E-state index is 0.0131. The van der Waals surface area contributed by atoms with Crippen LogP contribution in [0.1, 0.15) is 17.7 Å². The molecule has 4 rings (SSSR count). The number of piperidine rings is 1. The fourth-order valence-corrected chi connectivity index (χ4v) is 4.03. The summed E-state index contributed by atoms with van der Waals surface area (Å²) in [6.45, 7) is 0.135. The van der Waals surface area contributed by atoms with Gasteiger partial charge in [-0.05, 0) is 53.9 Å². The van der Waals surface area contributed by atoms with E-state index in [4.69, 9.17) is 16.3 Å². The minimum atomic E-state index is -4.89. The molecule has 2 aromatic carbocycles. The van der Waals surface area contributed by atoms with Gasteiger partial charge >= 0.3 is 6.18 Å². The summed E-state index contributed by atoms with van der Waals surface area (Å²) in [6.07, 6.45) is -5.88. The lowest BCUT2D eigenvalue weighted by molar-refractivity contribution is -0.302. The smallest absolute Gasteiger partial charge is 0.419 e. The molecule has 3 aromatic rings. The maximum atomic E-state index is 14.5. The lowest BCUT2D eigenvalue weighted by Crippen LogP contribution is -2.63. The van der Waals surface area contributed by atoms with Crippen LogP contribution < -0.4 is 4.74 Å². The molecule has 194 valence electrons. The molecule has 2 atom stereocenters. The Balaban J connectivity index is 1.29. The second-order valence-electron chi connectivity index (χ2n) is 8.67. The van der Waals surface area contributed by atoms with E-state index in [1.165, 1.54) is 12.3 Å². The number of aromatic nitrogens is 1. The molecule has 1 aliphatic heterocycles. The molecule has 0 aliphatic carbocycles. The lowest BCUT2D eigenvalue weighted by atomic mass is 9.88. The van der Waals surface area contributed by atoms with Crippen molar-refractivity contribution in [2.75, 3.05) is 26.2 Å². The van der Waals surface area contributed by atoms with E-state index in [1.54, 1.807) is 53.4 Å². The van der Waals surface area contributed by atoms with E-state index in [0.29, 0.717) is 21.9 Å². The Labute approximate surface area is 216 Å². The van der Waals surface area contributed by atoms with Crippen molar-refractivity contribution in [3.63, 3.8) is 0 Å². The number of hydrogen-bond donors (Lipinski definition) is 2. The number of rotatable bonds is 5. The van der Waals surface area contributed by atoms with E-state index in [2.05, 4.69) is 16.8 Å². The van der Waals surface area contributed by atoms with Gasteiger partial charge in [0.25, 0.3) is 0 Å². The molecule has 2 heterocycles. The molecule has 2 N–H and O–H groups in total. The first kappa shape index (κ1) is 26.9. The van der Waals surface area contributed by atoms with Crippen molar-refractivity contribution in [1.29, 1.82) is 0 Å². The van der Waals surface area contributed by atoms with Crippen molar-refractivity contribution in [2.45, 2.75) is 24.3 Å². The third-order valence-corrected chi connectivity index (χ3v) is 6.41. The molecule has 0 saturated carbocycles. The van der Waals surface area contributed by atoms with Crippen molar-refractivity contribution in [3.05, 3.63) is 82.9 Å². The van der Waals surface area contributed by atoms with Gasteiger partial charge in [-0.1, -0.05) is 29.7 Å². The van der Waals surface area contributed by atoms with Crippen molar-refractivity contribution in [1.82, 2.24) is 9.88 Å². The van der Waals surface area contributed by atoms with Gasteiger partial charge in [-0.3, -0.25) is 4.90 Å². The van der Waals surface area contributed by atoms with Crippen LogP contribution in [0.3, 0.4) is 0 Å². The third kappa shape index (κ3) is 6.40. The number of aliphatic hydroxyl groups is 2. The molecule has 0 bridgehead atoms. The lowest BCUT2D eigenvalue weighted by Gasteiger charge is -2.42. The van der Waals surface area contributed by atoms with Gasteiger partial charge in [0.1, 0.15) is 24.2 Å². The maximum Gasteiger partial charge on any atom is 0.419 e. The van der Waals surface area contributed by atoms with E-state index in [-0.39, 0.29) is 31.9 Å². The van der Waals surface area contributed by atoms with Crippen LogP contribution in [-0.4, -0.2) is 64.2 Å². The topological polar surface area (TPSA) is 65.8 Å². The number of ether oxygens (including phenoxy) is 1. The zero-order valence-electron chi connectivity index (χ0n) is 19.5. The van der Waals surface area contributed by atoms with Gasteiger partial charge in [0.05, 0.1) is 0 Å². The predicted octanol–water partition coefficient (Wildman–Crippen LogP) is 4.68. The third-order valence-electron chi connectivity index (χ3n) is 6.16. The molecule has 1 fully saturated rings. The Morgan fingerprint density at radius 2 is 1.78 bits per heavy atom. The molecule has 0 radical (unpaired) electrons. The molecule has 37 heavy (non-hydrogen) atoms. The molecule has 10 heteroatoms. The first-order valence-electron chi connectivity index (χ1n) is 11.4. The van der Waals surface area contributed by atoms with Gasteiger partial charge in [0.2, 0.25) is 0 Å². The highest BCUT2D eigenvalue weighted by Gasteiger charge is 2.59. The van der Waals surface area contributed by atoms with E-state index in [0.717, 1.165) is 5.56 Å². The fraction of sp³-hybridized carbons (Fsp3) is 0.296. The Bertz CT molecular complexity index is 1290. The first-order chi connectivity index (χ1) is 17.5. The number of benzene rings is 2. The second-order valence-corrected chi connectivity index (χ2v) is 9.11. The summed E-state index contributed by atoms with van der Waals surface area (Å²) in [4.78, 5) is 5.72. The zero-order chi connectivity index (χ0) is 26.6. The largest absolute Gasteiger partial charge is 0.492 e. The van der Waals surface area contributed by atoms with Gasteiger partial charge in [0.15, 0.2) is 11.4 Å². The average molecular weight is 535 g/mol. The summed E-state index contributed by atoms with van der Waals surface area (Å²) in [5.74, 6) is 5.54. The number of hydrogen-bond acceptors (Lipinski definition) is 5. The molecular formula is C27H23ClF4N2O3. The normalized spacial score (nSPS) is 20.2. The van der Waals surface area contributed by atoms with Crippen LogP contribution in [0.15, 0.2) is 60.8 Å². The van der Waals surface area contributed by atoms with Gasteiger partial charge < -0.3 is 14.9 Å². The number of β-amino-alcohol motifs (C(OH)–C–C–N with tert-alkyl or cyclic N) is 1. The Morgan fingerprint density at radius 3 is 2.41 bits per heavy atom. The molecule has 0 spiro atoms. The maximum absolute atomic E-state index is 14.5. The van der Waals surface area contributed by atoms with Crippen LogP contribution in [-0.2, 0) is 0 Å². The van der Waals surface area contributed by atoms with Crippen molar-refractivity contribution < 1.29 is 32.5 Å². The summed E-state index contributed by atoms with van der Waals surface area (Å²) in [7, 11) is 0. The molecule has 5 nitrogen and oxygen atoms in total. The Kier molecular flexibility index (Phi) is 8.05. The average Bonchev–Trinajstić information content (AvgIpc) is 2.86. The van der Waals surface area contributed by atoms with E-state index < -0.39 is 30.1 Å². The molecular weight excluding hydrogens is 512 g/mol. The second kappa shape index (κ2) is 11.1.